The van der Waals surface area contributed by atoms with Crippen LogP contribution in [-0.4, -0.2) is 41.7 Å². The number of aromatic nitrogens is 1. The van der Waals surface area contributed by atoms with Gasteiger partial charge in [0.2, 0.25) is 0 Å². The molecule has 166 valence electrons. The van der Waals surface area contributed by atoms with E-state index in [9.17, 15) is 14.4 Å². The van der Waals surface area contributed by atoms with E-state index in [0.717, 1.165) is 0 Å². The number of nitrogens with zero attached hydrogens (tertiary/aromatic N) is 1. The molecule has 1 aromatic carbocycles. The summed E-state index contributed by atoms with van der Waals surface area (Å²) in [4.78, 5) is 40.7. The van der Waals surface area contributed by atoms with Gasteiger partial charge in [-0.15, -0.1) is 0 Å². The Balaban J connectivity index is 2.07. The maximum atomic E-state index is 12.4. The lowest BCUT2D eigenvalue weighted by molar-refractivity contribution is -0.143. The SMILES string of the molecule is COC(=O)C(Cc1ccc(NC(=O)c2c(Cl)cccc2Cl)nc1)NC(=O)OC(C)(C)C. The Morgan fingerprint density at radius 3 is 2.26 bits per heavy atom. The van der Waals surface area contributed by atoms with E-state index in [-0.39, 0.29) is 27.8 Å². The molecule has 1 atom stereocenters. The van der Waals surface area contributed by atoms with Crippen molar-refractivity contribution < 1.29 is 23.9 Å². The van der Waals surface area contributed by atoms with Gasteiger partial charge < -0.3 is 20.1 Å². The van der Waals surface area contributed by atoms with Gasteiger partial charge in [-0.1, -0.05) is 35.3 Å². The average Bonchev–Trinajstić information content (AvgIpc) is 2.66. The number of alkyl carbamates (subject to hydrolysis) is 1. The molecule has 8 nitrogen and oxygen atoms in total. The highest BCUT2D eigenvalue weighted by atomic mass is 35.5. The first-order chi connectivity index (χ1) is 14.5. The molecule has 0 aliphatic heterocycles. The quantitative estimate of drug-likeness (QED) is 0.614. The number of anilines is 1. The second-order valence-electron chi connectivity index (χ2n) is 7.53. The van der Waals surface area contributed by atoms with Crippen molar-refractivity contribution in [3.8, 4) is 0 Å². The van der Waals surface area contributed by atoms with Crippen LogP contribution < -0.4 is 10.6 Å². The standard InChI is InChI=1S/C21H23Cl2N3O5/c1-21(2,3)31-20(29)25-15(19(28)30-4)10-12-8-9-16(24-11-12)26-18(27)17-13(22)6-5-7-14(17)23/h5-9,11,15H,10H2,1-4H3,(H,25,29)(H,24,26,27). The van der Waals surface area contributed by atoms with Crippen LogP contribution in [0.4, 0.5) is 10.6 Å². The first-order valence-corrected chi connectivity index (χ1v) is 10.0. The summed E-state index contributed by atoms with van der Waals surface area (Å²) in [5.74, 6) is -0.870. The van der Waals surface area contributed by atoms with E-state index in [1.165, 1.54) is 13.3 Å². The van der Waals surface area contributed by atoms with Crippen molar-refractivity contribution in [3.63, 3.8) is 0 Å². The highest BCUT2D eigenvalue weighted by Gasteiger charge is 2.25. The molecule has 10 heteroatoms. The van der Waals surface area contributed by atoms with Gasteiger partial charge >= 0.3 is 12.1 Å². The second-order valence-corrected chi connectivity index (χ2v) is 8.34. The number of nitrogens with one attached hydrogen (secondary N) is 2. The van der Waals surface area contributed by atoms with Crippen LogP contribution in [-0.2, 0) is 20.7 Å². The van der Waals surface area contributed by atoms with Crippen molar-refractivity contribution in [2.24, 2.45) is 0 Å². The van der Waals surface area contributed by atoms with Gasteiger partial charge in [0, 0.05) is 12.6 Å². The van der Waals surface area contributed by atoms with Crippen molar-refractivity contribution in [1.29, 1.82) is 0 Å². The minimum absolute atomic E-state index is 0.115. The Kier molecular flexibility index (Phi) is 8.24. The second kappa shape index (κ2) is 10.5. The van der Waals surface area contributed by atoms with Crippen LogP contribution in [0.25, 0.3) is 0 Å². The predicted molar refractivity (Wildman–Crippen MR) is 118 cm³/mol. The van der Waals surface area contributed by atoms with Gasteiger partial charge in [0.1, 0.15) is 17.5 Å². The minimum atomic E-state index is -0.968. The maximum absolute atomic E-state index is 12.4. The number of carbonyl (C=O) groups excluding carboxylic acids is 3. The summed E-state index contributed by atoms with van der Waals surface area (Å²) in [5, 5.41) is 5.54. The fraction of sp³-hybridized carbons (Fsp3) is 0.333. The van der Waals surface area contributed by atoms with Gasteiger partial charge in [-0.3, -0.25) is 4.79 Å². The van der Waals surface area contributed by atoms with Crippen molar-refractivity contribution >= 4 is 47.0 Å². The van der Waals surface area contributed by atoms with Crippen LogP contribution >= 0.6 is 23.2 Å². The number of amides is 2. The maximum Gasteiger partial charge on any atom is 0.408 e. The van der Waals surface area contributed by atoms with Crippen molar-refractivity contribution in [2.75, 3.05) is 12.4 Å². The first-order valence-electron chi connectivity index (χ1n) is 9.28. The predicted octanol–water partition coefficient (Wildman–Crippen LogP) is 4.25. The van der Waals surface area contributed by atoms with E-state index in [2.05, 4.69) is 15.6 Å². The Morgan fingerprint density at radius 2 is 1.74 bits per heavy atom. The fourth-order valence-electron chi connectivity index (χ4n) is 2.53. The molecule has 0 saturated carbocycles. The van der Waals surface area contributed by atoms with Crippen LogP contribution in [0.1, 0.15) is 36.7 Å². The van der Waals surface area contributed by atoms with Gasteiger partial charge in [-0.25, -0.2) is 14.6 Å². The van der Waals surface area contributed by atoms with Crippen LogP contribution in [0.2, 0.25) is 10.0 Å². The van der Waals surface area contributed by atoms with Crippen LogP contribution in [0.5, 0.6) is 0 Å². The highest BCUT2D eigenvalue weighted by Crippen LogP contribution is 2.25. The van der Waals surface area contributed by atoms with Gasteiger partial charge in [0.15, 0.2) is 0 Å². The third kappa shape index (κ3) is 7.41. The van der Waals surface area contributed by atoms with E-state index in [4.69, 9.17) is 32.7 Å². The number of rotatable bonds is 6. The Bertz CT molecular complexity index is 938. The third-order valence-corrected chi connectivity index (χ3v) is 4.50. The van der Waals surface area contributed by atoms with Gasteiger partial charge in [-0.2, -0.15) is 0 Å². The molecular formula is C21H23Cl2N3O5. The molecule has 0 fully saturated rings. The lowest BCUT2D eigenvalue weighted by atomic mass is 10.1. The normalized spacial score (nSPS) is 11.9. The zero-order valence-electron chi connectivity index (χ0n) is 17.5. The number of halogens is 2. The minimum Gasteiger partial charge on any atom is -0.467 e. The van der Waals surface area contributed by atoms with Crippen molar-refractivity contribution in [1.82, 2.24) is 10.3 Å². The average molecular weight is 468 g/mol. The molecule has 1 unspecified atom stereocenters. The Morgan fingerprint density at radius 1 is 1.10 bits per heavy atom. The summed E-state index contributed by atoms with van der Waals surface area (Å²) < 4.78 is 9.93. The van der Waals surface area contributed by atoms with Crippen molar-refractivity contribution in [3.05, 3.63) is 57.7 Å². The van der Waals surface area contributed by atoms with E-state index in [0.29, 0.717) is 5.56 Å². The number of hydrogen-bond donors (Lipinski definition) is 2. The molecule has 2 N–H and O–H groups in total. The molecule has 1 heterocycles. The highest BCUT2D eigenvalue weighted by molar-refractivity contribution is 6.40. The third-order valence-electron chi connectivity index (χ3n) is 3.87. The molecular weight excluding hydrogens is 445 g/mol. The molecule has 0 bridgehead atoms. The van der Waals surface area contributed by atoms with Crippen LogP contribution in [0.15, 0.2) is 36.5 Å². The molecule has 0 aliphatic carbocycles. The molecule has 0 aliphatic rings. The molecule has 0 saturated heterocycles. The summed E-state index contributed by atoms with van der Waals surface area (Å²) in [7, 11) is 1.23. The summed E-state index contributed by atoms with van der Waals surface area (Å²) in [6.45, 7) is 5.14. The lowest BCUT2D eigenvalue weighted by Gasteiger charge is -2.22. The number of hydrogen-bond acceptors (Lipinski definition) is 6. The van der Waals surface area contributed by atoms with Gasteiger partial charge in [0.25, 0.3) is 5.91 Å². The summed E-state index contributed by atoms with van der Waals surface area (Å²) >= 11 is 12.1. The molecule has 1 aromatic heterocycles. The van der Waals surface area contributed by atoms with E-state index in [1.807, 2.05) is 0 Å². The zero-order chi connectivity index (χ0) is 23.2. The van der Waals surface area contributed by atoms with Gasteiger partial charge in [-0.05, 0) is 44.5 Å². The lowest BCUT2D eigenvalue weighted by Crippen LogP contribution is -2.45. The molecule has 31 heavy (non-hydrogen) atoms. The zero-order valence-corrected chi connectivity index (χ0v) is 19.0. The number of ether oxygens (including phenoxy) is 2. The van der Waals surface area contributed by atoms with Crippen molar-refractivity contribution in [2.45, 2.75) is 38.8 Å². The molecule has 2 amide bonds. The molecule has 2 rings (SSSR count). The number of esters is 1. The molecule has 0 spiro atoms. The molecule has 0 radical (unpaired) electrons. The smallest absolute Gasteiger partial charge is 0.408 e. The topological polar surface area (TPSA) is 107 Å². The number of pyridine rings is 1. The Labute approximate surface area is 190 Å². The van der Waals surface area contributed by atoms with E-state index < -0.39 is 29.6 Å². The summed E-state index contributed by atoms with van der Waals surface area (Å²) in [5.41, 5.74) is 0.0562. The number of methoxy groups -OCH3 is 1. The molecule has 2 aromatic rings. The Hall–Kier alpha value is -2.84. The van der Waals surface area contributed by atoms with E-state index in [1.54, 1.807) is 51.1 Å². The summed E-state index contributed by atoms with van der Waals surface area (Å²) in [6, 6.07) is 7.00. The van der Waals surface area contributed by atoms with Gasteiger partial charge in [0.05, 0.1) is 22.7 Å². The van der Waals surface area contributed by atoms with E-state index >= 15 is 0 Å². The monoisotopic (exact) mass is 467 g/mol. The largest absolute Gasteiger partial charge is 0.467 e. The number of benzene rings is 1. The number of carbonyl (C=O) groups is 3. The van der Waals surface area contributed by atoms with Crippen LogP contribution in [0, 0.1) is 0 Å². The fourth-order valence-corrected chi connectivity index (χ4v) is 3.10. The van der Waals surface area contributed by atoms with Crippen LogP contribution in [0.3, 0.4) is 0 Å². The first kappa shape index (κ1) is 24.4. The summed E-state index contributed by atoms with van der Waals surface area (Å²) in [6.07, 6.45) is 0.844.